The van der Waals surface area contributed by atoms with Crippen molar-refractivity contribution in [1.82, 2.24) is 15.6 Å². The number of aryl methyl sites for hydroxylation is 1. The van der Waals surface area contributed by atoms with Crippen LogP contribution in [0.25, 0.3) is 10.9 Å². The van der Waals surface area contributed by atoms with Gasteiger partial charge in [0, 0.05) is 29.6 Å². The summed E-state index contributed by atoms with van der Waals surface area (Å²) in [6.07, 6.45) is 4.52. The maximum absolute atomic E-state index is 12.7. The number of nitrogens with zero attached hydrogens (tertiary/aromatic N) is 1. The first-order valence-corrected chi connectivity index (χ1v) is 8.64. The second-order valence-electron chi connectivity index (χ2n) is 6.96. The highest BCUT2D eigenvalue weighted by Gasteiger charge is 2.34. The molecular weight excluding hydrogens is 338 g/mol. The Hall–Kier alpha value is -1.85. The van der Waals surface area contributed by atoms with E-state index >= 15 is 0 Å². The number of hydrogen-bond donors (Lipinski definition) is 2. The monoisotopic (exact) mass is 361 g/mol. The predicted octanol–water partition coefficient (Wildman–Crippen LogP) is 2.99. The van der Waals surface area contributed by atoms with Crippen LogP contribution in [-0.4, -0.2) is 36.1 Å². The van der Waals surface area contributed by atoms with Crippen LogP contribution in [0.2, 0.25) is 0 Å². The number of methoxy groups -OCH3 is 1. The van der Waals surface area contributed by atoms with E-state index in [1.54, 1.807) is 7.11 Å². The maximum atomic E-state index is 12.7. The number of benzene rings is 1. The molecule has 2 aliphatic rings. The largest absolute Gasteiger partial charge is 0.497 e. The number of rotatable bonds is 3. The molecule has 1 aromatic heterocycles. The fraction of sp³-hybridized carbons (Fsp3) is 0.474. The predicted molar refractivity (Wildman–Crippen MR) is 101 cm³/mol. The Kier molecular flexibility index (Phi) is 5.16. The van der Waals surface area contributed by atoms with Gasteiger partial charge in [0.15, 0.2) is 0 Å². The van der Waals surface area contributed by atoms with Crippen molar-refractivity contribution in [3.8, 4) is 5.75 Å². The van der Waals surface area contributed by atoms with E-state index in [0.717, 1.165) is 35.2 Å². The minimum absolute atomic E-state index is 0. The molecule has 5 nitrogen and oxygen atoms in total. The average molecular weight is 362 g/mol. The summed E-state index contributed by atoms with van der Waals surface area (Å²) in [4.78, 5) is 17.3. The molecule has 0 saturated carbocycles. The lowest BCUT2D eigenvalue weighted by molar-refractivity contribution is 0.0923. The standard InChI is InChI=1S/C19H23N3O2.ClH/c1-11-17(7-12-3-6-16(24-2)10-18(12)20-11)19(23)22-15-8-13-4-5-14(9-15)21-13;/h3,6-7,10,13-15,21H,4-5,8-9H2,1-2H3,(H,22,23);1H. The molecule has 1 aromatic carbocycles. The number of fused-ring (bicyclic) bond motifs is 3. The summed E-state index contributed by atoms with van der Waals surface area (Å²) in [5.41, 5.74) is 2.27. The summed E-state index contributed by atoms with van der Waals surface area (Å²) in [5.74, 6) is 0.765. The molecule has 134 valence electrons. The molecule has 2 bridgehead atoms. The molecule has 3 heterocycles. The fourth-order valence-corrected chi connectivity index (χ4v) is 4.04. The van der Waals surface area contributed by atoms with Crippen molar-refractivity contribution in [3.63, 3.8) is 0 Å². The Balaban J connectivity index is 0.00000182. The van der Waals surface area contributed by atoms with Gasteiger partial charge in [-0.05, 0) is 50.8 Å². The van der Waals surface area contributed by atoms with Gasteiger partial charge in [-0.25, -0.2) is 0 Å². The van der Waals surface area contributed by atoms with Crippen LogP contribution < -0.4 is 15.4 Å². The van der Waals surface area contributed by atoms with Crippen LogP contribution in [-0.2, 0) is 0 Å². The smallest absolute Gasteiger partial charge is 0.253 e. The Morgan fingerprint density at radius 1 is 1.24 bits per heavy atom. The topological polar surface area (TPSA) is 63.2 Å². The summed E-state index contributed by atoms with van der Waals surface area (Å²) < 4.78 is 5.24. The van der Waals surface area contributed by atoms with Crippen molar-refractivity contribution in [1.29, 1.82) is 0 Å². The van der Waals surface area contributed by atoms with Gasteiger partial charge >= 0.3 is 0 Å². The number of piperidine rings is 1. The van der Waals surface area contributed by atoms with Crippen LogP contribution in [0.5, 0.6) is 5.75 Å². The van der Waals surface area contributed by atoms with Gasteiger partial charge in [0.25, 0.3) is 5.91 Å². The number of amides is 1. The van der Waals surface area contributed by atoms with E-state index in [1.165, 1.54) is 12.8 Å². The molecule has 2 unspecified atom stereocenters. The highest BCUT2D eigenvalue weighted by atomic mass is 35.5. The minimum Gasteiger partial charge on any atom is -0.497 e. The lowest BCUT2D eigenvalue weighted by Crippen LogP contribution is -2.48. The number of ether oxygens (including phenoxy) is 1. The van der Waals surface area contributed by atoms with Gasteiger partial charge in [0.1, 0.15) is 5.75 Å². The number of nitrogens with one attached hydrogen (secondary N) is 2. The minimum atomic E-state index is -0.0102. The van der Waals surface area contributed by atoms with Crippen LogP contribution in [0.15, 0.2) is 24.3 Å². The molecule has 2 fully saturated rings. The molecular formula is C19H24ClN3O2. The lowest BCUT2D eigenvalue weighted by atomic mass is 9.99. The van der Waals surface area contributed by atoms with Gasteiger partial charge in [-0.3, -0.25) is 9.78 Å². The van der Waals surface area contributed by atoms with Gasteiger partial charge in [-0.15, -0.1) is 12.4 Å². The number of aromatic nitrogens is 1. The molecule has 1 amide bonds. The average Bonchev–Trinajstić information content (AvgIpc) is 2.92. The highest BCUT2D eigenvalue weighted by Crippen LogP contribution is 2.27. The third kappa shape index (κ3) is 3.58. The third-order valence-electron chi connectivity index (χ3n) is 5.27. The molecule has 2 saturated heterocycles. The van der Waals surface area contributed by atoms with E-state index in [0.29, 0.717) is 17.6 Å². The number of carbonyl (C=O) groups is 1. The van der Waals surface area contributed by atoms with Gasteiger partial charge < -0.3 is 15.4 Å². The van der Waals surface area contributed by atoms with Crippen LogP contribution >= 0.6 is 12.4 Å². The molecule has 4 rings (SSSR count). The quantitative estimate of drug-likeness (QED) is 0.882. The van der Waals surface area contributed by atoms with Crippen molar-refractivity contribution < 1.29 is 9.53 Å². The Morgan fingerprint density at radius 2 is 1.96 bits per heavy atom. The highest BCUT2D eigenvalue weighted by molar-refractivity contribution is 5.99. The van der Waals surface area contributed by atoms with Crippen molar-refractivity contribution in [2.45, 2.75) is 50.7 Å². The molecule has 2 aromatic rings. The first kappa shape index (κ1) is 18.0. The molecule has 0 aliphatic carbocycles. The van der Waals surface area contributed by atoms with Gasteiger partial charge in [0.05, 0.1) is 23.9 Å². The van der Waals surface area contributed by atoms with Crippen molar-refractivity contribution >= 4 is 29.2 Å². The molecule has 2 aliphatic heterocycles. The summed E-state index contributed by atoms with van der Waals surface area (Å²) in [6.45, 7) is 1.89. The van der Waals surface area contributed by atoms with Crippen LogP contribution in [0.1, 0.15) is 41.7 Å². The summed E-state index contributed by atoms with van der Waals surface area (Å²) in [5, 5.41) is 7.78. The van der Waals surface area contributed by atoms with E-state index < -0.39 is 0 Å². The maximum Gasteiger partial charge on any atom is 0.253 e. The molecule has 25 heavy (non-hydrogen) atoms. The van der Waals surface area contributed by atoms with Crippen molar-refractivity contribution in [2.75, 3.05) is 7.11 Å². The van der Waals surface area contributed by atoms with E-state index in [-0.39, 0.29) is 24.4 Å². The molecule has 2 atom stereocenters. The Morgan fingerprint density at radius 3 is 2.64 bits per heavy atom. The first-order chi connectivity index (χ1) is 11.6. The number of carbonyl (C=O) groups excluding carboxylic acids is 1. The first-order valence-electron chi connectivity index (χ1n) is 8.64. The number of hydrogen-bond acceptors (Lipinski definition) is 4. The SMILES string of the molecule is COc1ccc2cc(C(=O)NC3CC4CCC(C3)N4)c(C)nc2c1.Cl. The zero-order chi connectivity index (χ0) is 16.7. The Bertz CT molecular complexity index is 784. The number of halogens is 1. The van der Waals surface area contributed by atoms with Crippen LogP contribution in [0.3, 0.4) is 0 Å². The third-order valence-corrected chi connectivity index (χ3v) is 5.27. The molecule has 0 radical (unpaired) electrons. The van der Waals surface area contributed by atoms with E-state index in [1.807, 2.05) is 31.2 Å². The molecule has 0 spiro atoms. The lowest BCUT2D eigenvalue weighted by Gasteiger charge is -2.29. The second kappa shape index (κ2) is 7.18. The van der Waals surface area contributed by atoms with Crippen molar-refractivity contribution in [3.05, 3.63) is 35.5 Å². The summed E-state index contributed by atoms with van der Waals surface area (Å²) in [6, 6.07) is 9.07. The van der Waals surface area contributed by atoms with E-state index in [4.69, 9.17) is 4.74 Å². The fourth-order valence-electron chi connectivity index (χ4n) is 4.04. The molecule has 2 N–H and O–H groups in total. The van der Waals surface area contributed by atoms with E-state index in [9.17, 15) is 4.79 Å². The summed E-state index contributed by atoms with van der Waals surface area (Å²) >= 11 is 0. The van der Waals surface area contributed by atoms with Crippen molar-refractivity contribution in [2.24, 2.45) is 0 Å². The number of pyridine rings is 1. The zero-order valence-electron chi connectivity index (χ0n) is 14.5. The normalized spacial score (nSPS) is 24.6. The van der Waals surface area contributed by atoms with Gasteiger partial charge in [0.2, 0.25) is 0 Å². The van der Waals surface area contributed by atoms with Gasteiger partial charge in [-0.1, -0.05) is 0 Å². The Labute approximate surface area is 153 Å². The molecule has 6 heteroatoms. The van der Waals surface area contributed by atoms with Crippen LogP contribution in [0, 0.1) is 6.92 Å². The summed E-state index contributed by atoms with van der Waals surface area (Å²) in [7, 11) is 1.64. The van der Waals surface area contributed by atoms with Gasteiger partial charge in [-0.2, -0.15) is 0 Å². The van der Waals surface area contributed by atoms with Crippen LogP contribution in [0.4, 0.5) is 0 Å². The zero-order valence-corrected chi connectivity index (χ0v) is 15.4. The van der Waals surface area contributed by atoms with E-state index in [2.05, 4.69) is 15.6 Å². The second-order valence-corrected chi connectivity index (χ2v) is 6.96.